The van der Waals surface area contributed by atoms with Crippen molar-refractivity contribution in [1.82, 2.24) is 5.43 Å². The predicted octanol–water partition coefficient (Wildman–Crippen LogP) is 3.32. The lowest BCUT2D eigenvalue weighted by atomic mass is 10.2. The van der Waals surface area contributed by atoms with Gasteiger partial charge < -0.3 is 5.32 Å². The number of nitrogens with two attached hydrogens (primary N) is 1. The Balaban J connectivity index is 2.26. The first-order chi connectivity index (χ1) is 9.20. The van der Waals surface area contributed by atoms with Crippen LogP contribution in [0, 0.1) is 6.92 Å². The molecular formula is C14H15BrN4. The molecule has 4 nitrogen and oxygen atoms in total. The minimum Gasteiger partial charge on any atom is -0.325 e. The number of benzene rings is 2. The molecule has 0 aliphatic heterocycles. The van der Waals surface area contributed by atoms with Gasteiger partial charge in [0.2, 0.25) is 5.96 Å². The van der Waals surface area contributed by atoms with E-state index in [2.05, 4.69) is 31.7 Å². The minimum absolute atomic E-state index is 0.484. The first-order valence-electron chi connectivity index (χ1n) is 5.83. The summed E-state index contributed by atoms with van der Waals surface area (Å²) in [5.74, 6) is 5.98. The van der Waals surface area contributed by atoms with E-state index in [0.717, 1.165) is 21.4 Å². The average molecular weight is 319 g/mol. The molecule has 0 fully saturated rings. The van der Waals surface area contributed by atoms with Crippen molar-refractivity contribution in [1.29, 1.82) is 0 Å². The second-order valence-corrected chi connectivity index (χ2v) is 4.80. The van der Waals surface area contributed by atoms with Crippen LogP contribution >= 0.6 is 15.9 Å². The van der Waals surface area contributed by atoms with Crippen LogP contribution in [-0.4, -0.2) is 5.96 Å². The van der Waals surface area contributed by atoms with Gasteiger partial charge in [-0.15, -0.1) is 0 Å². The fourth-order valence-electron chi connectivity index (χ4n) is 1.59. The Hall–Kier alpha value is -1.85. The number of nitrogens with zero attached hydrogens (tertiary/aromatic N) is 1. The Kier molecular flexibility index (Phi) is 4.54. The van der Waals surface area contributed by atoms with Crippen molar-refractivity contribution in [3.05, 3.63) is 58.6 Å². The van der Waals surface area contributed by atoms with E-state index in [1.54, 1.807) is 0 Å². The fourth-order valence-corrected chi connectivity index (χ4v) is 1.95. The van der Waals surface area contributed by atoms with Gasteiger partial charge in [0.1, 0.15) is 0 Å². The topological polar surface area (TPSA) is 62.4 Å². The number of rotatable bonds is 2. The van der Waals surface area contributed by atoms with Crippen molar-refractivity contribution in [2.75, 3.05) is 5.32 Å². The third kappa shape index (κ3) is 3.56. The summed E-state index contributed by atoms with van der Waals surface area (Å²) in [4.78, 5) is 4.46. The zero-order chi connectivity index (χ0) is 13.7. The maximum atomic E-state index is 5.50. The van der Waals surface area contributed by atoms with Crippen LogP contribution < -0.4 is 16.6 Å². The van der Waals surface area contributed by atoms with Crippen molar-refractivity contribution in [3.63, 3.8) is 0 Å². The molecule has 0 bridgehead atoms. The number of hydrogen-bond acceptors (Lipinski definition) is 2. The zero-order valence-corrected chi connectivity index (χ0v) is 12.1. The Labute approximate surface area is 120 Å². The van der Waals surface area contributed by atoms with Gasteiger partial charge in [-0.2, -0.15) is 0 Å². The highest BCUT2D eigenvalue weighted by molar-refractivity contribution is 9.10. The molecule has 0 aliphatic carbocycles. The fraction of sp³-hybridized carbons (Fsp3) is 0.0714. The Morgan fingerprint density at radius 2 is 1.84 bits per heavy atom. The van der Waals surface area contributed by atoms with Crippen LogP contribution in [0.2, 0.25) is 0 Å². The maximum Gasteiger partial charge on any atom is 0.215 e. The van der Waals surface area contributed by atoms with Crippen LogP contribution in [0.3, 0.4) is 0 Å². The van der Waals surface area contributed by atoms with Crippen molar-refractivity contribution < 1.29 is 0 Å². The molecule has 2 aromatic rings. The van der Waals surface area contributed by atoms with E-state index in [0.29, 0.717) is 5.96 Å². The van der Waals surface area contributed by atoms with Crippen molar-refractivity contribution in [2.45, 2.75) is 6.92 Å². The van der Waals surface area contributed by atoms with Gasteiger partial charge in [-0.25, -0.2) is 10.8 Å². The lowest BCUT2D eigenvalue weighted by Gasteiger charge is -2.10. The quantitative estimate of drug-likeness (QED) is 0.344. The summed E-state index contributed by atoms with van der Waals surface area (Å²) < 4.78 is 0.956. The summed E-state index contributed by atoms with van der Waals surface area (Å²) in [7, 11) is 0. The van der Waals surface area contributed by atoms with Gasteiger partial charge in [-0.05, 0) is 46.6 Å². The summed E-state index contributed by atoms with van der Waals surface area (Å²) >= 11 is 3.52. The number of hydrazine groups is 1. The summed E-state index contributed by atoms with van der Waals surface area (Å²) in [5, 5.41) is 3.12. The van der Waals surface area contributed by atoms with Crippen LogP contribution in [0.5, 0.6) is 0 Å². The summed E-state index contributed by atoms with van der Waals surface area (Å²) in [6.07, 6.45) is 0. The number of guanidine groups is 1. The molecule has 0 atom stereocenters. The Bertz CT molecular complexity index is 581. The SMILES string of the molecule is Cc1cccc(N=C(NN)Nc2ccccc2)c1Br. The highest BCUT2D eigenvalue weighted by atomic mass is 79.9. The second-order valence-electron chi connectivity index (χ2n) is 4.00. The molecule has 0 radical (unpaired) electrons. The number of para-hydroxylation sites is 1. The molecule has 0 saturated carbocycles. The number of nitrogens with one attached hydrogen (secondary N) is 2. The molecule has 2 rings (SSSR count). The highest BCUT2D eigenvalue weighted by Crippen LogP contribution is 2.28. The van der Waals surface area contributed by atoms with Gasteiger partial charge in [0.15, 0.2) is 0 Å². The second kappa shape index (κ2) is 6.36. The van der Waals surface area contributed by atoms with Crippen molar-refractivity contribution >= 4 is 33.3 Å². The lowest BCUT2D eigenvalue weighted by Crippen LogP contribution is -2.35. The molecule has 0 aromatic heterocycles. The van der Waals surface area contributed by atoms with Crippen LogP contribution in [0.15, 0.2) is 58.0 Å². The van der Waals surface area contributed by atoms with Gasteiger partial charge in [-0.1, -0.05) is 30.3 Å². The molecule has 19 heavy (non-hydrogen) atoms. The smallest absolute Gasteiger partial charge is 0.215 e. The summed E-state index contributed by atoms with van der Waals surface area (Å²) in [6.45, 7) is 2.02. The lowest BCUT2D eigenvalue weighted by molar-refractivity contribution is 1.02. The maximum absolute atomic E-state index is 5.50. The molecule has 0 spiro atoms. The summed E-state index contributed by atoms with van der Waals surface area (Å²) in [5.41, 5.74) is 5.42. The molecule has 2 aromatic carbocycles. The Morgan fingerprint density at radius 3 is 2.53 bits per heavy atom. The van der Waals surface area contributed by atoms with E-state index in [-0.39, 0.29) is 0 Å². The molecular weight excluding hydrogens is 304 g/mol. The van der Waals surface area contributed by atoms with E-state index in [9.17, 15) is 0 Å². The number of aryl methyl sites for hydroxylation is 1. The van der Waals surface area contributed by atoms with E-state index >= 15 is 0 Å². The van der Waals surface area contributed by atoms with E-state index in [1.165, 1.54) is 0 Å². The van der Waals surface area contributed by atoms with Crippen molar-refractivity contribution in [3.8, 4) is 0 Å². The van der Waals surface area contributed by atoms with Crippen LogP contribution in [0.1, 0.15) is 5.56 Å². The van der Waals surface area contributed by atoms with Crippen LogP contribution in [-0.2, 0) is 0 Å². The predicted molar refractivity (Wildman–Crippen MR) is 83.4 cm³/mol. The van der Waals surface area contributed by atoms with Crippen LogP contribution in [0.4, 0.5) is 11.4 Å². The van der Waals surface area contributed by atoms with Crippen molar-refractivity contribution in [2.24, 2.45) is 10.8 Å². The number of aliphatic imine (C=N–C) groups is 1. The van der Waals surface area contributed by atoms with Gasteiger partial charge in [0, 0.05) is 10.2 Å². The van der Waals surface area contributed by atoms with Crippen LogP contribution in [0.25, 0.3) is 0 Å². The average Bonchev–Trinajstić information content (AvgIpc) is 2.44. The molecule has 0 amide bonds. The van der Waals surface area contributed by atoms with Gasteiger partial charge in [0.05, 0.1) is 5.69 Å². The van der Waals surface area contributed by atoms with E-state index in [1.807, 2.05) is 55.5 Å². The first kappa shape index (κ1) is 13.6. The molecule has 98 valence electrons. The molecule has 0 saturated heterocycles. The first-order valence-corrected chi connectivity index (χ1v) is 6.62. The molecule has 4 N–H and O–H groups in total. The standard InChI is InChI=1S/C14H15BrN4/c1-10-6-5-9-12(13(10)15)18-14(19-16)17-11-7-3-2-4-8-11/h2-9H,16H2,1H3,(H2,17,18,19). The molecule has 5 heteroatoms. The normalized spacial score (nSPS) is 11.2. The van der Waals surface area contributed by atoms with Gasteiger partial charge in [0.25, 0.3) is 0 Å². The highest BCUT2D eigenvalue weighted by Gasteiger charge is 2.03. The van der Waals surface area contributed by atoms with E-state index in [4.69, 9.17) is 5.84 Å². The molecule has 0 unspecified atom stereocenters. The molecule has 0 aliphatic rings. The van der Waals surface area contributed by atoms with Gasteiger partial charge in [-0.3, -0.25) is 5.43 Å². The number of halogens is 1. The summed E-state index contributed by atoms with van der Waals surface area (Å²) in [6, 6.07) is 15.6. The monoisotopic (exact) mass is 318 g/mol. The largest absolute Gasteiger partial charge is 0.325 e. The number of anilines is 1. The minimum atomic E-state index is 0.484. The zero-order valence-electron chi connectivity index (χ0n) is 10.5. The Morgan fingerprint density at radius 1 is 1.11 bits per heavy atom. The van der Waals surface area contributed by atoms with E-state index < -0.39 is 0 Å². The van der Waals surface area contributed by atoms with Gasteiger partial charge >= 0.3 is 0 Å². The third-order valence-electron chi connectivity index (χ3n) is 2.58. The number of hydrogen-bond donors (Lipinski definition) is 3. The third-order valence-corrected chi connectivity index (χ3v) is 3.61. The molecule has 0 heterocycles.